The summed E-state index contributed by atoms with van der Waals surface area (Å²) in [6, 6.07) is 9.98. The van der Waals surface area contributed by atoms with Gasteiger partial charge in [0.2, 0.25) is 0 Å². The second-order valence-electron chi connectivity index (χ2n) is 2.83. The van der Waals surface area contributed by atoms with E-state index in [0.717, 1.165) is 17.1 Å². The summed E-state index contributed by atoms with van der Waals surface area (Å²) in [5.74, 6) is 0.876. The number of rotatable bonds is 2. The van der Waals surface area contributed by atoms with Crippen LogP contribution in [0.4, 0.5) is 0 Å². The summed E-state index contributed by atoms with van der Waals surface area (Å²) < 4.78 is 0. The Morgan fingerprint density at radius 1 is 1.23 bits per heavy atom. The molecule has 0 atom stereocenters. The first kappa shape index (κ1) is 8.01. The Morgan fingerprint density at radius 3 is 2.62 bits per heavy atom. The van der Waals surface area contributed by atoms with Gasteiger partial charge < -0.3 is 10.7 Å². The first-order valence-electron chi connectivity index (χ1n) is 4.19. The maximum absolute atomic E-state index is 5.47. The normalized spacial score (nSPS) is 10.2. The Labute approximate surface area is 76.6 Å². The molecule has 0 aliphatic rings. The van der Waals surface area contributed by atoms with Gasteiger partial charge >= 0.3 is 0 Å². The van der Waals surface area contributed by atoms with Gasteiger partial charge in [0.05, 0.1) is 0 Å². The Bertz CT molecular complexity index is 378. The lowest BCUT2D eigenvalue weighted by molar-refractivity contribution is 1.01. The fourth-order valence-electron chi connectivity index (χ4n) is 1.21. The van der Waals surface area contributed by atoms with E-state index in [1.165, 1.54) is 0 Å². The van der Waals surface area contributed by atoms with Gasteiger partial charge in [0.1, 0.15) is 5.82 Å². The Balaban J connectivity index is 2.36. The minimum atomic E-state index is 0.500. The zero-order valence-corrected chi connectivity index (χ0v) is 7.20. The number of aromatic nitrogens is 2. The maximum atomic E-state index is 5.47. The van der Waals surface area contributed by atoms with Crippen molar-refractivity contribution in [3.8, 4) is 11.4 Å². The molecule has 0 unspecified atom stereocenters. The monoisotopic (exact) mass is 173 g/mol. The summed E-state index contributed by atoms with van der Waals surface area (Å²) in [6.07, 6.45) is 1.77. The third kappa shape index (κ3) is 1.60. The number of hydrogen-bond donors (Lipinski definition) is 2. The van der Waals surface area contributed by atoms with Gasteiger partial charge in [0.25, 0.3) is 0 Å². The molecule has 0 fully saturated rings. The van der Waals surface area contributed by atoms with Crippen LogP contribution in [0.2, 0.25) is 0 Å². The number of hydrogen-bond acceptors (Lipinski definition) is 2. The van der Waals surface area contributed by atoms with E-state index in [1.807, 2.05) is 30.3 Å². The Kier molecular flexibility index (Phi) is 2.10. The molecule has 13 heavy (non-hydrogen) atoms. The van der Waals surface area contributed by atoms with Crippen LogP contribution in [-0.2, 0) is 6.54 Å². The topological polar surface area (TPSA) is 54.7 Å². The molecule has 2 aromatic rings. The molecule has 0 radical (unpaired) electrons. The summed E-state index contributed by atoms with van der Waals surface area (Å²) in [4.78, 5) is 7.36. The standard InChI is InChI=1S/C10H11N3/c11-6-9-7-12-10(13-9)8-4-2-1-3-5-8/h1-5,7H,6,11H2,(H,12,13). The lowest BCUT2D eigenvalue weighted by Gasteiger charge is -1.94. The summed E-state index contributed by atoms with van der Waals surface area (Å²) in [7, 11) is 0. The number of H-pyrrole nitrogens is 1. The largest absolute Gasteiger partial charge is 0.341 e. The van der Waals surface area contributed by atoms with Crippen LogP contribution in [0.25, 0.3) is 11.4 Å². The van der Waals surface area contributed by atoms with Gasteiger partial charge in [-0.1, -0.05) is 30.3 Å². The highest BCUT2D eigenvalue weighted by atomic mass is 14.9. The van der Waals surface area contributed by atoms with Crippen molar-refractivity contribution >= 4 is 0 Å². The molecule has 0 aliphatic carbocycles. The number of imidazole rings is 1. The highest BCUT2D eigenvalue weighted by molar-refractivity contribution is 5.54. The minimum absolute atomic E-state index is 0.500. The summed E-state index contributed by atoms with van der Waals surface area (Å²) in [6.45, 7) is 0.500. The first-order chi connectivity index (χ1) is 6.40. The highest BCUT2D eigenvalue weighted by Gasteiger charge is 2.00. The maximum Gasteiger partial charge on any atom is 0.137 e. The van der Waals surface area contributed by atoms with Crippen molar-refractivity contribution in [3.05, 3.63) is 42.2 Å². The van der Waals surface area contributed by atoms with Crippen molar-refractivity contribution in [2.45, 2.75) is 6.54 Å². The quantitative estimate of drug-likeness (QED) is 0.723. The molecule has 0 bridgehead atoms. The van der Waals surface area contributed by atoms with Crippen LogP contribution in [0.15, 0.2) is 36.5 Å². The molecule has 2 rings (SSSR count). The van der Waals surface area contributed by atoms with Crippen molar-refractivity contribution in [1.29, 1.82) is 0 Å². The average molecular weight is 173 g/mol. The molecule has 1 aromatic carbocycles. The van der Waals surface area contributed by atoms with Gasteiger partial charge in [-0.3, -0.25) is 0 Å². The summed E-state index contributed by atoms with van der Waals surface area (Å²) >= 11 is 0. The summed E-state index contributed by atoms with van der Waals surface area (Å²) in [5.41, 5.74) is 7.51. The van der Waals surface area contributed by atoms with E-state index in [4.69, 9.17) is 5.73 Å². The van der Waals surface area contributed by atoms with Gasteiger partial charge in [0, 0.05) is 24.0 Å². The smallest absolute Gasteiger partial charge is 0.137 e. The second-order valence-corrected chi connectivity index (χ2v) is 2.83. The molecule has 0 amide bonds. The molecule has 1 aromatic heterocycles. The molecule has 1 heterocycles. The van der Waals surface area contributed by atoms with E-state index >= 15 is 0 Å². The van der Waals surface area contributed by atoms with Crippen LogP contribution in [0.3, 0.4) is 0 Å². The van der Waals surface area contributed by atoms with Crippen molar-refractivity contribution in [2.75, 3.05) is 0 Å². The second kappa shape index (κ2) is 3.41. The summed E-state index contributed by atoms with van der Waals surface area (Å²) in [5, 5.41) is 0. The molecule has 3 N–H and O–H groups in total. The van der Waals surface area contributed by atoms with Crippen LogP contribution >= 0.6 is 0 Å². The average Bonchev–Trinajstić information content (AvgIpc) is 2.67. The van der Waals surface area contributed by atoms with Gasteiger partial charge in [-0.2, -0.15) is 0 Å². The fraction of sp³-hybridized carbons (Fsp3) is 0.100. The molecule has 66 valence electrons. The number of nitrogens with zero attached hydrogens (tertiary/aromatic N) is 1. The van der Waals surface area contributed by atoms with Crippen LogP contribution < -0.4 is 5.73 Å². The van der Waals surface area contributed by atoms with Crippen molar-refractivity contribution in [1.82, 2.24) is 9.97 Å². The van der Waals surface area contributed by atoms with Gasteiger partial charge in [0.15, 0.2) is 0 Å². The van der Waals surface area contributed by atoms with Crippen molar-refractivity contribution < 1.29 is 0 Å². The van der Waals surface area contributed by atoms with Crippen LogP contribution in [0.5, 0.6) is 0 Å². The fourth-order valence-corrected chi connectivity index (χ4v) is 1.21. The van der Waals surface area contributed by atoms with Crippen LogP contribution in [-0.4, -0.2) is 9.97 Å². The van der Waals surface area contributed by atoms with Crippen molar-refractivity contribution in [3.63, 3.8) is 0 Å². The van der Waals surface area contributed by atoms with Gasteiger partial charge in [-0.15, -0.1) is 0 Å². The molecule has 0 saturated heterocycles. The molecular weight excluding hydrogens is 162 g/mol. The molecule has 3 nitrogen and oxygen atoms in total. The van der Waals surface area contributed by atoms with E-state index < -0.39 is 0 Å². The predicted octanol–water partition coefficient (Wildman–Crippen LogP) is 1.54. The first-order valence-corrected chi connectivity index (χ1v) is 4.19. The van der Waals surface area contributed by atoms with Gasteiger partial charge in [-0.25, -0.2) is 4.98 Å². The predicted molar refractivity (Wildman–Crippen MR) is 51.9 cm³/mol. The Hall–Kier alpha value is -1.61. The highest BCUT2D eigenvalue weighted by Crippen LogP contribution is 2.13. The van der Waals surface area contributed by atoms with E-state index in [0.29, 0.717) is 6.54 Å². The van der Waals surface area contributed by atoms with E-state index in [9.17, 15) is 0 Å². The number of benzene rings is 1. The number of nitrogens with two attached hydrogens (primary N) is 1. The van der Waals surface area contributed by atoms with Crippen LogP contribution in [0, 0.1) is 0 Å². The van der Waals surface area contributed by atoms with E-state index in [-0.39, 0.29) is 0 Å². The number of aromatic amines is 1. The molecular formula is C10H11N3. The van der Waals surface area contributed by atoms with Crippen molar-refractivity contribution in [2.24, 2.45) is 5.73 Å². The molecule has 0 aliphatic heterocycles. The zero-order valence-electron chi connectivity index (χ0n) is 7.20. The third-order valence-corrected chi connectivity index (χ3v) is 1.90. The van der Waals surface area contributed by atoms with Crippen LogP contribution in [0.1, 0.15) is 5.69 Å². The lowest BCUT2D eigenvalue weighted by atomic mass is 10.2. The zero-order chi connectivity index (χ0) is 9.10. The SMILES string of the molecule is NCc1cnc(-c2ccccc2)[nH]1. The van der Waals surface area contributed by atoms with Gasteiger partial charge in [-0.05, 0) is 0 Å². The molecule has 3 heteroatoms. The third-order valence-electron chi connectivity index (χ3n) is 1.90. The Morgan fingerprint density at radius 2 is 2.00 bits per heavy atom. The minimum Gasteiger partial charge on any atom is -0.341 e. The van der Waals surface area contributed by atoms with E-state index in [2.05, 4.69) is 9.97 Å². The lowest BCUT2D eigenvalue weighted by Crippen LogP contribution is -1.95. The molecule has 0 saturated carbocycles. The van der Waals surface area contributed by atoms with E-state index in [1.54, 1.807) is 6.20 Å². The number of nitrogens with one attached hydrogen (secondary N) is 1. The molecule has 0 spiro atoms.